The van der Waals surface area contributed by atoms with Gasteiger partial charge in [0.15, 0.2) is 0 Å². The molecule has 0 aromatic heterocycles. The first-order valence-corrected chi connectivity index (χ1v) is 20.0. The average molecular weight is 687 g/mol. The van der Waals surface area contributed by atoms with Crippen molar-refractivity contribution in [3.8, 4) is 23.0 Å². The quantitative estimate of drug-likeness (QED) is 0.0983. The molecule has 0 saturated heterocycles. The zero-order valence-corrected chi connectivity index (χ0v) is 29.9. The van der Waals surface area contributed by atoms with Gasteiger partial charge in [0.25, 0.3) is 0 Å². The van der Waals surface area contributed by atoms with Gasteiger partial charge in [-0.05, 0) is 73.3 Å². The molecule has 2 atom stereocenters. The summed E-state index contributed by atoms with van der Waals surface area (Å²) in [7, 11) is 0. The second-order valence-corrected chi connectivity index (χ2v) is 16.8. The van der Waals surface area contributed by atoms with Gasteiger partial charge in [-0.1, -0.05) is 87.4 Å². The Morgan fingerprint density at radius 3 is 1.40 bits per heavy atom. The van der Waals surface area contributed by atoms with Crippen molar-refractivity contribution in [2.45, 2.75) is 85.8 Å². The zero-order valence-electron chi connectivity index (χ0n) is 27.4. The van der Waals surface area contributed by atoms with E-state index in [1.807, 2.05) is 60.3 Å². The van der Waals surface area contributed by atoms with E-state index in [1.165, 1.54) is 0 Å². The van der Waals surface area contributed by atoms with Crippen molar-refractivity contribution in [1.29, 1.82) is 0 Å². The van der Waals surface area contributed by atoms with Crippen molar-refractivity contribution < 1.29 is 20.4 Å². The van der Waals surface area contributed by atoms with Gasteiger partial charge < -0.3 is 20.4 Å². The molecule has 4 N–H and O–H groups in total. The lowest BCUT2D eigenvalue weighted by Gasteiger charge is -2.33. The summed E-state index contributed by atoms with van der Waals surface area (Å²) >= 11 is 5.38. The largest absolute Gasteiger partial charge is 0.507 e. The van der Waals surface area contributed by atoms with Crippen molar-refractivity contribution in [2.24, 2.45) is 0 Å². The van der Waals surface area contributed by atoms with Gasteiger partial charge in [-0.3, -0.25) is 0 Å². The first-order valence-electron chi connectivity index (χ1n) is 16.8. The van der Waals surface area contributed by atoms with E-state index in [-0.39, 0.29) is 23.0 Å². The Morgan fingerprint density at radius 2 is 1.00 bits per heavy atom. The third-order valence-corrected chi connectivity index (χ3v) is 13.6. The lowest BCUT2D eigenvalue weighted by molar-refractivity contribution is 0.390. The number of benzene rings is 4. The van der Waals surface area contributed by atoms with Crippen molar-refractivity contribution in [3.63, 3.8) is 0 Å². The molecule has 0 radical (unpaired) electrons. The standard InChI is InChI=1S/C40H46O4S3/c1-39(27-13-5-3-6-14-27,35-31(41)25-33-29(37(35)43)17-23-46-33)19-9-11-21-45-22-12-10-20-40(2,28-15-7-4-8-16-28)36-32(42)26-34-30(38(36)44)18-24-47-34/h3-8,13-16,25-26,41-44H,9-12,17-24H2,1-2H3. The molecule has 2 aliphatic rings. The molecular weight excluding hydrogens is 641 g/mol. The molecular formula is C40H46O4S3. The second kappa shape index (κ2) is 14.7. The summed E-state index contributed by atoms with van der Waals surface area (Å²) in [4.78, 5) is 2.00. The van der Waals surface area contributed by atoms with Crippen LogP contribution in [0.25, 0.3) is 0 Å². The van der Waals surface area contributed by atoms with Gasteiger partial charge in [-0.25, -0.2) is 0 Å². The van der Waals surface area contributed by atoms with Gasteiger partial charge in [0.05, 0.1) is 0 Å². The maximum Gasteiger partial charge on any atom is 0.127 e. The third kappa shape index (κ3) is 6.86. The van der Waals surface area contributed by atoms with Crippen molar-refractivity contribution in [3.05, 3.63) is 106 Å². The van der Waals surface area contributed by atoms with Crippen LogP contribution in [-0.2, 0) is 23.7 Å². The Labute approximate surface area is 292 Å². The van der Waals surface area contributed by atoms with E-state index in [2.05, 4.69) is 38.1 Å². The first kappa shape index (κ1) is 34.0. The Morgan fingerprint density at radius 1 is 0.596 bits per heavy atom. The predicted octanol–water partition coefficient (Wildman–Crippen LogP) is 10.2. The van der Waals surface area contributed by atoms with E-state index >= 15 is 0 Å². The molecule has 7 heteroatoms. The van der Waals surface area contributed by atoms with Gasteiger partial charge in [-0.2, -0.15) is 11.8 Å². The lowest BCUT2D eigenvalue weighted by atomic mass is 9.71. The minimum atomic E-state index is -0.488. The molecule has 0 spiro atoms. The second-order valence-electron chi connectivity index (χ2n) is 13.3. The van der Waals surface area contributed by atoms with Crippen LogP contribution in [0.4, 0.5) is 0 Å². The smallest absolute Gasteiger partial charge is 0.127 e. The van der Waals surface area contributed by atoms with E-state index in [4.69, 9.17) is 0 Å². The molecule has 4 nitrogen and oxygen atoms in total. The van der Waals surface area contributed by atoms with Crippen molar-refractivity contribution >= 4 is 35.3 Å². The lowest BCUT2D eigenvalue weighted by Crippen LogP contribution is -2.24. The van der Waals surface area contributed by atoms with Gasteiger partial charge >= 0.3 is 0 Å². The van der Waals surface area contributed by atoms with Crippen LogP contribution in [-0.4, -0.2) is 43.4 Å². The average Bonchev–Trinajstić information content (AvgIpc) is 3.75. The van der Waals surface area contributed by atoms with Crippen LogP contribution in [0.1, 0.15) is 85.8 Å². The Balaban J connectivity index is 1.05. The normalized spacial score (nSPS) is 16.4. The first-order chi connectivity index (χ1) is 22.7. The summed E-state index contributed by atoms with van der Waals surface area (Å²) in [6.45, 7) is 4.33. The topological polar surface area (TPSA) is 80.9 Å². The minimum absolute atomic E-state index is 0.194. The fourth-order valence-corrected chi connectivity index (χ4v) is 10.8. The highest BCUT2D eigenvalue weighted by Crippen LogP contribution is 2.52. The minimum Gasteiger partial charge on any atom is -0.507 e. The molecule has 2 heterocycles. The summed E-state index contributed by atoms with van der Waals surface area (Å²) in [6.07, 6.45) is 7.45. The molecule has 6 rings (SSSR count). The fourth-order valence-electron chi connectivity index (χ4n) is 7.61. The molecule has 2 unspecified atom stereocenters. The Bertz CT molecular complexity index is 1570. The molecule has 0 fully saturated rings. The monoisotopic (exact) mass is 686 g/mol. The summed E-state index contributed by atoms with van der Waals surface area (Å²) in [5, 5.41) is 45.0. The molecule has 0 bridgehead atoms. The van der Waals surface area contributed by atoms with Crippen molar-refractivity contribution in [1.82, 2.24) is 0 Å². The van der Waals surface area contributed by atoms with Crippen LogP contribution in [0.2, 0.25) is 0 Å². The number of hydrogen-bond donors (Lipinski definition) is 4. The molecule has 0 saturated carbocycles. The fraction of sp³-hybridized carbons (Fsp3) is 0.400. The Hall–Kier alpha value is -2.87. The number of aromatic hydroxyl groups is 4. The van der Waals surface area contributed by atoms with Crippen molar-refractivity contribution in [2.75, 3.05) is 23.0 Å². The van der Waals surface area contributed by atoms with Crippen LogP contribution >= 0.6 is 35.3 Å². The van der Waals surface area contributed by atoms with E-state index < -0.39 is 10.8 Å². The predicted molar refractivity (Wildman–Crippen MR) is 199 cm³/mol. The highest BCUT2D eigenvalue weighted by atomic mass is 32.2. The van der Waals surface area contributed by atoms with Crippen LogP contribution in [0.5, 0.6) is 23.0 Å². The molecule has 0 aliphatic carbocycles. The number of rotatable bonds is 14. The number of hydrogen-bond acceptors (Lipinski definition) is 7. The maximum absolute atomic E-state index is 11.4. The van der Waals surface area contributed by atoms with Gasteiger partial charge in [0.2, 0.25) is 0 Å². The molecule has 248 valence electrons. The summed E-state index contributed by atoms with van der Waals surface area (Å²) in [5.41, 5.74) is 4.54. The molecule has 4 aromatic rings. The van der Waals surface area contributed by atoms with Gasteiger partial charge in [0, 0.05) is 54.4 Å². The molecule has 4 aromatic carbocycles. The van der Waals surface area contributed by atoms with Crippen LogP contribution < -0.4 is 0 Å². The molecule has 2 aliphatic heterocycles. The highest BCUT2D eigenvalue weighted by molar-refractivity contribution is 8.00. The van der Waals surface area contributed by atoms with E-state index in [0.29, 0.717) is 11.1 Å². The number of phenolic OH excluding ortho intramolecular Hbond substituents is 4. The Kier molecular flexibility index (Phi) is 10.6. The maximum atomic E-state index is 11.4. The highest BCUT2D eigenvalue weighted by Gasteiger charge is 2.38. The number of thioether (sulfide) groups is 3. The zero-order chi connectivity index (χ0) is 33.0. The van der Waals surface area contributed by atoms with Gasteiger partial charge in [-0.15, -0.1) is 23.5 Å². The third-order valence-electron chi connectivity index (χ3n) is 10.3. The van der Waals surface area contributed by atoms with E-state index in [0.717, 1.165) is 106 Å². The number of phenols is 4. The van der Waals surface area contributed by atoms with Gasteiger partial charge in [0.1, 0.15) is 23.0 Å². The SMILES string of the molecule is CC(CCCCSCCCCC(C)(c1ccccc1)c1c(O)cc2c(c1O)CCS2)(c1ccccc1)c1c(O)cc2c(c1O)CCS2. The number of fused-ring (bicyclic) bond motifs is 2. The van der Waals surface area contributed by atoms with E-state index in [9.17, 15) is 20.4 Å². The van der Waals surface area contributed by atoms with Crippen LogP contribution in [0.15, 0.2) is 82.6 Å². The summed E-state index contributed by atoms with van der Waals surface area (Å²) in [6, 6.07) is 24.3. The van der Waals surface area contributed by atoms with Crippen LogP contribution in [0, 0.1) is 0 Å². The molecule has 47 heavy (non-hydrogen) atoms. The number of unbranched alkanes of at least 4 members (excludes halogenated alkanes) is 2. The molecule has 0 amide bonds. The van der Waals surface area contributed by atoms with E-state index in [1.54, 1.807) is 23.5 Å². The van der Waals surface area contributed by atoms with Crippen LogP contribution in [0.3, 0.4) is 0 Å². The summed E-state index contributed by atoms with van der Waals surface area (Å²) < 4.78 is 0. The summed E-state index contributed by atoms with van der Waals surface area (Å²) in [5.74, 6) is 4.93.